The fourth-order valence-electron chi connectivity index (χ4n) is 2.55. The van der Waals surface area contributed by atoms with Gasteiger partial charge >= 0.3 is 5.97 Å². The van der Waals surface area contributed by atoms with E-state index in [-0.39, 0.29) is 11.8 Å². The summed E-state index contributed by atoms with van der Waals surface area (Å²) in [5.41, 5.74) is 1.15. The summed E-state index contributed by atoms with van der Waals surface area (Å²) in [7, 11) is 0. The zero-order chi connectivity index (χ0) is 20.2. The number of rotatable bonds is 12. The molecule has 0 saturated heterocycles. The van der Waals surface area contributed by atoms with Crippen molar-refractivity contribution in [3.05, 3.63) is 29.8 Å². The summed E-state index contributed by atoms with van der Waals surface area (Å²) >= 11 is 1.59. The molecule has 6 nitrogen and oxygen atoms in total. The summed E-state index contributed by atoms with van der Waals surface area (Å²) in [6, 6.07) is 5.88. The number of esters is 1. The van der Waals surface area contributed by atoms with Crippen LogP contribution < -0.4 is 15.4 Å². The molecule has 0 spiro atoms. The SMILES string of the molecule is CCc1ccc(OC(=O)[C@H](CC(C)C)NC(=O)[C@H](CCSC)NC=O)cc1. The minimum absolute atomic E-state index is 0.189. The van der Waals surface area contributed by atoms with Crippen molar-refractivity contribution in [2.75, 3.05) is 12.0 Å². The van der Waals surface area contributed by atoms with Crippen molar-refractivity contribution in [1.82, 2.24) is 10.6 Å². The third-order valence-electron chi connectivity index (χ3n) is 4.05. The van der Waals surface area contributed by atoms with Crippen LogP contribution in [-0.4, -0.2) is 42.4 Å². The van der Waals surface area contributed by atoms with Gasteiger partial charge in [0.25, 0.3) is 0 Å². The molecule has 0 saturated carbocycles. The van der Waals surface area contributed by atoms with E-state index >= 15 is 0 Å². The molecule has 7 heteroatoms. The average molecular weight is 395 g/mol. The van der Waals surface area contributed by atoms with E-state index in [0.29, 0.717) is 25.0 Å². The highest BCUT2D eigenvalue weighted by atomic mass is 32.2. The summed E-state index contributed by atoms with van der Waals surface area (Å²) in [5.74, 6) is 0.484. The number of benzene rings is 1. The second-order valence-electron chi connectivity index (χ2n) is 6.73. The zero-order valence-corrected chi connectivity index (χ0v) is 17.3. The van der Waals surface area contributed by atoms with Crippen LogP contribution in [0.1, 0.15) is 39.2 Å². The van der Waals surface area contributed by atoms with Gasteiger partial charge in [-0.15, -0.1) is 0 Å². The van der Waals surface area contributed by atoms with Crippen molar-refractivity contribution < 1.29 is 19.1 Å². The molecule has 0 aliphatic carbocycles. The van der Waals surface area contributed by atoms with Gasteiger partial charge in [0, 0.05) is 0 Å². The van der Waals surface area contributed by atoms with Gasteiger partial charge in [-0.3, -0.25) is 9.59 Å². The highest BCUT2D eigenvalue weighted by molar-refractivity contribution is 7.98. The Labute approximate surface area is 165 Å². The number of carbonyl (C=O) groups excluding carboxylic acids is 3. The number of hydrogen-bond donors (Lipinski definition) is 2. The first kappa shape index (κ1) is 23.0. The molecule has 150 valence electrons. The van der Waals surface area contributed by atoms with Gasteiger partial charge in [0.15, 0.2) is 0 Å². The maximum absolute atomic E-state index is 12.6. The van der Waals surface area contributed by atoms with Gasteiger partial charge in [-0.1, -0.05) is 32.9 Å². The van der Waals surface area contributed by atoms with E-state index in [0.717, 1.165) is 17.7 Å². The van der Waals surface area contributed by atoms with Gasteiger partial charge in [-0.25, -0.2) is 4.79 Å². The number of carbonyl (C=O) groups is 3. The van der Waals surface area contributed by atoms with Gasteiger partial charge < -0.3 is 15.4 Å². The lowest BCUT2D eigenvalue weighted by Gasteiger charge is -2.22. The lowest BCUT2D eigenvalue weighted by Crippen LogP contribution is -2.51. The van der Waals surface area contributed by atoms with Gasteiger partial charge in [0.2, 0.25) is 12.3 Å². The molecule has 0 radical (unpaired) electrons. The quantitative estimate of drug-likeness (QED) is 0.323. The molecule has 1 rings (SSSR count). The highest BCUT2D eigenvalue weighted by Crippen LogP contribution is 2.15. The van der Waals surface area contributed by atoms with E-state index in [1.54, 1.807) is 23.9 Å². The Hall–Kier alpha value is -2.02. The lowest BCUT2D eigenvalue weighted by atomic mass is 10.0. The first-order chi connectivity index (χ1) is 12.9. The van der Waals surface area contributed by atoms with Crippen LogP contribution in [0.4, 0.5) is 0 Å². The fourth-order valence-corrected chi connectivity index (χ4v) is 3.02. The first-order valence-corrected chi connectivity index (χ1v) is 10.6. The Morgan fingerprint density at radius 3 is 2.37 bits per heavy atom. The molecule has 0 bridgehead atoms. The minimum atomic E-state index is -0.770. The summed E-state index contributed by atoms with van der Waals surface area (Å²) in [5, 5.41) is 5.26. The number of hydrogen-bond acceptors (Lipinski definition) is 5. The number of ether oxygens (including phenoxy) is 1. The Balaban J connectivity index is 2.80. The number of nitrogens with one attached hydrogen (secondary N) is 2. The maximum Gasteiger partial charge on any atom is 0.334 e. The molecule has 2 N–H and O–H groups in total. The second-order valence-corrected chi connectivity index (χ2v) is 7.71. The van der Waals surface area contributed by atoms with Crippen LogP contribution in [0.5, 0.6) is 5.75 Å². The molecule has 0 fully saturated rings. The van der Waals surface area contributed by atoms with E-state index in [4.69, 9.17) is 4.74 Å². The van der Waals surface area contributed by atoms with Crippen LogP contribution in [0.2, 0.25) is 0 Å². The van der Waals surface area contributed by atoms with Gasteiger partial charge in [0.05, 0.1) is 0 Å². The summed E-state index contributed by atoms with van der Waals surface area (Å²) < 4.78 is 5.45. The molecule has 0 aliphatic rings. The Bertz CT molecular complexity index is 605. The lowest BCUT2D eigenvalue weighted by molar-refractivity contribution is -0.140. The van der Waals surface area contributed by atoms with Crippen molar-refractivity contribution in [3.63, 3.8) is 0 Å². The normalized spacial score (nSPS) is 12.9. The predicted octanol–water partition coefficient (Wildman–Crippen LogP) is 2.55. The zero-order valence-electron chi connectivity index (χ0n) is 16.5. The molecule has 1 aromatic rings. The fraction of sp³-hybridized carbons (Fsp3) is 0.550. The maximum atomic E-state index is 12.6. The van der Waals surface area contributed by atoms with Crippen LogP contribution in [-0.2, 0) is 20.8 Å². The van der Waals surface area contributed by atoms with E-state index in [1.807, 2.05) is 32.2 Å². The molecule has 2 amide bonds. The monoisotopic (exact) mass is 394 g/mol. The number of thioether (sulfide) groups is 1. The van der Waals surface area contributed by atoms with Crippen LogP contribution in [0.25, 0.3) is 0 Å². The molecular weight excluding hydrogens is 364 g/mol. The molecular formula is C20H30N2O4S. The molecule has 1 aromatic carbocycles. The van der Waals surface area contributed by atoms with Crippen LogP contribution in [0.3, 0.4) is 0 Å². The molecule has 0 unspecified atom stereocenters. The molecule has 0 heterocycles. The van der Waals surface area contributed by atoms with Crippen molar-refractivity contribution in [2.24, 2.45) is 5.92 Å². The van der Waals surface area contributed by atoms with Crippen molar-refractivity contribution in [3.8, 4) is 5.75 Å². The van der Waals surface area contributed by atoms with Crippen molar-refractivity contribution >= 4 is 30.0 Å². The number of aryl methyl sites for hydroxylation is 1. The van der Waals surface area contributed by atoms with Crippen LogP contribution in [0.15, 0.2) is 24.3 Å². The van der Waals surface area contributed by atoms with E-state index < -0.39 is 18.1 Å². The van der Waals surface area contributed by atoms with E-state index in [1.165, 1.54) is 0 Å². The van der Waals surface area contributed by atoms with Crippen molar-refractivity contribution in [2.45, 2.75) is 52.1 Å². The summed E-state index contributed by atoms with van der Waals surface area (Å²) in [6.07, 6.45) is 4.29. The summed E-state index contributed by atoms with van der Waals surface area (Å²) in [4.78, 5) is 35.9. The minimum Gasteiger partial charge on any atom is -0.425 e. The largest absolute Gasteiger partial charge is 0.425 e. The number of amides is 2. The van der Waals surface area contributed by atoms with E-state index in [2.05, 4.69) is 17.6 Å². The van der Waals surface area contributed by atoms with Crippen molar-refractivity contribution in [1.29, 1.82) is 0 Å². The third kappa shape index (κ3) is 8.47. The second kappa shape index (κ2) is 12.4. The van der Waals surface area contributed by atoms with Gasteiger partial charge in [0.1, 0.15) is 17.8 Å². The molecule has 2 atom stereocenters. The Morgan fingerprint density at radius 2 is 1.85 bits per heavy atom. The molecule has 0 aliphatic heterocycles. The Kier molecular flexibility index (Phi) is 10.6. The molecule has 0 aromatic heterocycles. The van der Waals surface area contributed by atoms with Gasteiger partial charge in [-0.05, 0) is 54.9 Å². The first-order valence-electron chi connectivity index (χ1n) is 9.20. The standard InChI is InChI=1S/C20H30N2O4S/c1-5-15-6-8-16(9-7-15)26-20(25)18(12-14(2)3)22-19(24)17(21-13-23)10-11-27-4/h6-9,13-14,17-18H,5,10-12H2,1-4H3,(H,21,23)(H,22,24)/t17-,18-/m0/s1. The third-order valence-corrected chi connectivity index (χ3v) is 4.70. The molecule has 27 heavy (non-hydrogen) atoms. The Morgan fingerprint density at radius 1 is 1.19 bits per heavy atom. The van der Waals surface area contributed by atoms with Gasteiger partial charge in [-0.2, -0.15) is 11.8 Å². The van der Waals surface area contributed by atoms with Crippen LogP contribution in [0, 0.1) is 5.92 Å². The topological polar surface area (TPSA) is 84.5 Å². The average Bonchev–Trinajstić information content (AvgIpc) is 2.64. The van der Waals surface area contributed by atoms with Crippen LogP contribution >= 0.6 is 11.8 Å². The smallest absolute Gasteiger partial charge is 0.334 e. The predicted molar refractivity (Wildman–Crippen MR) is 109 cm³/mol. The van der Waals surface area contributed by atoms with E-state index in [9.17, 15) is 14.4 Å². The highest BCUT2D eigenvalue weighted by Gasteiger charge is 2.27. The summed E-state index contributed by atoms with van der Waals surface area (Å²) in [6.45, 7) is 5.99.